The average Bonchev–Trinajstić information content (AvgIpc) is 2.14. The van der Waals surface area contributed by atoms with Crippen molar-refractivity contribution < 1.29 is 18.3 Å². The van der Waals surface area contributed by atoms with Crippen LogP contribution in [0.15, 0.2) is 24.3 Å². The van der Waals surface area contributed by atoms with Crippen LogP contribution >= 0.6 is 0 Å². The van der Waals surface area contributed by atoms with Crippen molar-refractivity contribution in [1.29, 1.82) is 0 Å². The quantitative estimate of drug-likeness (QED) is 0.837. The lowest BCUT2D eigenvalue weighted by Gasteiger charge is -2.15. The predicted octanol–water partition coefficient (Wildman–Crippen LogP) is 2.48. The number of hydrogen-bond donors (Lipinski definition) is 2. The van der Waals surface area contributed by atoms with Crippen LogP contribution in [0, 0.1) is 0 Å². The standard InChI is InChI=1S/C11H14F3NO/c1-8(15-7-11(12,13)14)5-9-3-2-4-10(16)6-9/h2-4,6,8,15-16H,5,7H2,1H3. The highest BCUT2D eigenvalue weighted by Crippen LogP contribution is 2.15. The van der Waals surface area contributed by atoms with Gasteiger partial charge in [-0.1, -0.05) is 12.1 Å². The van der Waals surface area contributed by atoms with Crippen LogP contribution in [-0.2, 0) is 6.42 Å². The minimum Gasteiger partial charge on any atom is -0.508 e. The van der Waals surface area contributed by atoms with Gasteiger partial charge in [-0.15, -0.1) is 0 Å². The van der Waals surface area contributed by atoms with Crippen molar-refractivity contribution in [3.05, 3.63) is 29.8 Å². The molecule has 0 fully saturated rings. The molecule has 0 aliphatic heterocycles. The highest BCUT2D eigenvalue weighted by molar-refractivity contribution is 5.27. The smallest absolute Gasteiger partial charge is 0.401 e. The fourth-order valence-corrected chi connectivity index (χ4v) is 1.40. The van der Waals surface area contributed by atoms with E-state index in [0.29, 0.717) is 6.42 Å². The Bertz CT molecular complexity index is 338. The van der Waals surface area contributed by atoms with Gasteiger partial charge in [-0.3, -0.25) is 0 Å². The Morgan fingerprint density at radius 1 is 1.38 bits per heavy atom. The zero-order chi connectivity index (χ0) is 12.2. The predicted molar refractivity (Wildman–Crippen MR) is 55.3 cm³/mol. The number of aromatic hydroxyl groups is 1. The Kier molecular flexibility index (Phi) is 4.18. The van der Waals surface area contributed by atoms with Gasteiger partial charge in [-0.2, -0.15) is 13.2 Å². The largest absolute Gasteiger partial charge is 0.508 e. The van der Waals surface area contributed by atoms with Crippen LogP contribution < -0.4 is 5.32 Å². The summed E-state index contributed by atoms with van der Waals surface area (Å²) in [6.07, 6.45) is -3.74. The van der Waals surface area contributed by atoms with Gasteiger partial charge in [0, 0.05) is 6.04 Å². The summed E-state index contributed by atoms with van der Waals surface area (Å²) in [5.74, 6) is 0.125. The molecular formula is C11H14F3NO. The van der Waals surface area contributed by atoms with Crippen LogP contribution in [0.2, 0.25) is 0 Å². The van der Waals surface area contributed by atoms with E-state index in [9.17, 15) is 18.3 Å². The summed E-state index contributed by atoms with van der Waals surface area (Å²) in [5.41, 5.74) is 0.808. The monoisotopic (exact) mass is 233 g/mol. The molecule has 1 rings (SSSR count). The molecule has 0 aliphatic rings. The lowest BCUT2D eigenvalue weighted by molar-refractivity contribution is -0.126. The summed E-state index contributed by atoms with van der Waals surface area (Å²) >= 11 is 0. The fraction of sp³-hybridized carbons (Fsp3) is 0.455. The van der Waals surface area contributed by atoms with Crippen LogP contribution in [0.4, 0.5) is 13.2 Å². The molecule has 90 valence electrons. The van der Waals surface area contributed by atoms with Gasteiger partial charge in [0.2, 0.25) is 0 Å². The van der Waals surface area contributed by atoms with E-state index in [1.807, 2.05) is 0 Å². The van der Waals surface area contributed by atoms with Gasteiger partial charge in [0.25, 0.3) is 0 Å². The van der Waals surface area contributed by atoms with Gasteiger partial charge < -0.3 is 10.4 Å². The second-order valence-electron chi connectivity index (χ2n) is 3.77. The molecule has 0 amide bonds. The van der Waals surface area contributed by atoms with Crippen molar-refractivity contribution in [2.75, 3.05) is 6.54 Å². The molecule has 0 aromatic heterocycles. The zero-order valence-electron chi connectivity index (χ0n) is 8.88. The van der Waals surface area contributed by atoms with Gasteiger partial charge in [0.1, 0.15) is 5.75 Å². The Morgan fingerprint density at radius 3 is 2.62 bits per heavy atom. The maximum absolute atomic E-state index is 11.9. The Labute approximate surface area is 92.1 Å². The van der Waals surface area contributed by atoms with Crippen molar-refractivity contribution in [3.8, 4) is 5.75 Å². The molecule has 0 saturated heterocycles. The number of phenolic OH excluding ortho intramolecular Hbond substituents is 1. The van der Waals surface area contributed by atoms with Crippen molar-refractivity contribution in [2.45, 2.75) is 25.6 Å². The zero-order valence-corrected chi connectivity index (χ0v) is 8.88. The second-order valence-corrected chi connectivity index (χ2v) is 3.77. The molecule has 0 radical (unpaired) electrons. The third-order valence-electron chi connectivity index (χ3n) is 2.10. The first kappa shape index (κ1) is 12.8. The van der Waals surface area contributed by atoms with Crippen molar-refractivity contribution in [2.24, 2.45) is 0 Å². The van der Waals surface area contributed by atoms with E-state index < -0.39 is 12.7 Å². The highest BCUT2D eigenvalue weighted by atomic mass is 19.4. The molecular weight excluding hydrogens is 219 g/mol. The van der Waals surface area contributed by atoms with Gasteiger partial charge in [-0.25, -0.2) is 0 Å². The summed E-state index contributed by atoms with van der Waals surface area (Å²) in [6.45, 7) is 0.683. The molecule has 0 aliphatic carbocycles. The van der Waals surface area contributed by atoms with Crippen LogP contribution in [0.1, 0.15) is 12.5 Å². The molecule has 0 bridgehead atoms. The molecule has 1 unspecified atom stereocenters. The number of nitrogens with one attached hydrogen (secondary N) is 1. The van der Waals surface area contributed by atoms with E-state index in [-0.39, 0.29) is 11.8 Å². The number of halogens is 3. The van der Waals surface area contributed by atoms with Crippen LogP contribution in [0.5, 0.6) is 5.75 Å². The topological polar surface area (TPSA) is 32.3 Å². The molecule has 1 atom stereocenters. The number of alkyl halides is 3. The number of rotatable bonds is 4. The fourth-order valence-electron chi connectivity index (χ4n) is 1.40. The Morgan fingerprint density at radius 2 is 2.06 bits per heavy atom. The van der Waals surface area contributed by atoms with Crippen LogP contribution in [0.25, 0.3) is 0 Å². The number of hydrogen-bond acceptors (Lipinski definition) is 2. The molecule has 5 heteroatoms. The minimum absolute atomic E-state index is 0.125. The van der Waals surface area contributed by atoms with Crippen molar-refractivity contribution in [1.82, 2.24) is 5.32 Å². The van der Waals surface area contributed by atoms with Gasteiger partial charge in [0.15, 0.2) is 0 Å². The summed E-state index contributed by atoms with van der Waals surface area (Å²) in [5, 5.41) is 11.6. The van der Waals surface area contributed by atoms with Gasteiger partial charge in [-0.05, 0) is 31.0 Å². The Hall–Kier alpha value is -1.23. The maximum atomic E-state index is 11.9. The normalized spacial score (nSPS) is 13.8. The molecule has 2 nitrogen and oxygen atoms in total. The summed E-state index contributed by atoms with van der Waals surface area (Å²) in [7, 11) is 0. The van der Waals surface area contributed by atoms with Crippen molar-refractivity contribution in [3.63, 3.8) is 0 Å². The highest BCUT2D eigenvalue weighted by Gasteiger charge is 2.27. The molecule has 2 N–H and O–H groups in total. The minimum atomic E-state index is -4.19. The number of phenols is 1. The summed E-state index contributed by atoms with van der Waals surface area (Å²) < 4.78 is 35.7. The Balaban J connectivity index is 2.43. The lowest BCUT2D eigenvalue weighted by Crippen LogP contribution is -2.36. The van der Waals surface area contributed by atoms with Crippen LogP contribution in [-0.4, -0.2) is 23.9 Å². The molecule has 0 spiro atoms. The molecule has 0 saturated carbocycles. The lowest BCUT2D eigenvalue weighted by atomic mass is 10.1. The molecule has 0 heterocycles. The van der Waals surface area contributed by atoms with Crippen LogP contribution in [0.3, 0.4) is 0 Å². The summed E-state index contributed by atoms with van der Waals surface area (Å²) in [6, 6.07) is 6.22. The molecule has 16 heavy (non-hydrogen) atoms. The third-order valence-corrected chi connectivity index (χ3v) is 2.10. The van der Waals surface area contributed by atoms with E-state index >= 15 is 0 Å². The van der Waals surface area contributed by atoms with E-state index in [4.69, 9.17) is 0 Å². The average molecular weight is 233 g/mol. The van der Waals surface area contributed by atoms with E-state index in [2.05, 4.69) is 5.32 Å². The number of benzene rings is 1. The second kappa shape index (κ2) is 5.21. The van der Waals surface area contributed by atoms with E-state index in [1.165, 1.54) is 6.07 Å². The SMILES string of the molecule is CC(Cc1cccc(O)c1)NCC(F)(F)F. The first-order chi connectivity index (χ1) is 7.37. The first-order valence-corrected chi connectivity index (χ1v) is 4.95. The van der Waals surface area contributed by atoms with Gasteiger partial charge >= 0.3 is 6.18 Å². The first-order valence-electron chi connectivity index (χ1n) is 4.95. The van der Waals surface area contributed by atoms with Gasteiger partial charge in [0.05, 0.1) is 6.54 Å². The van der Waals surface area contributed by atoms with Crippen molar-refractivity contribution >= 4 is 0 Å². The maximum Gasteiger partial charge on any atom is 0.401 e. The third kappa shape index (κ3) is 5.02. The molecule has 1 aromatic carbocycles. The summed E-state index contributed by atoms with van der Waals surface area (Å²) in [4.78, 5) is 0. The van der Waals surface area contributed by atoms with E-state index in [1.54, 1.807) is 25.1 Å². The molecule has 1 aromatic rings. The van der Waals surface area contributed by atoms with E-state index in [0.717, 1.165) is 5.56 Å².